The average Bonchev–Trinajstić information content (AvgIpc) is 2.61. The van der Waals surface area contributed by atoms with Gasteiger partial charge in [-0.15, -0.1) is 0 Å². The quantitative estimate of drug-likeness (QED) is 0.852. The second-order valence-electron chi connectivity index (χ2n) is 6.26. The van der Waals surface area contributed by atoms with E-state index in [1.165, 1.54) is 0 Å². The second-order valence-corrected chi connectivity index (χ2v) is 6.26. The van der Waals surface area contributed by atoms with Crippen molar-refractivity contribution < 1.29 is 14.3 Å². The summed E-state index contributed by atoms with van der Waals surface area (Å²) < 4.78 is 5.16. The number of morpholine rings is 1. The molecule has 25 heavy (non-hydrogen) atoms. The van der Waals surface area contributed by atoms with E-state index in [9.17, 15) is 9.59 Å². The highest BCUT2D eigenvalue weighted by molar-refractivity contribution is 5.94. The predicted octanol–water partition coefficient (Wildman–Crippen LogP) is 2.75. The van der Waals surface area contributed by atoms with E-state index >= 15 is 0 Å². The Hall–Kier alpha value is -2.66. The van der Waals surface area contributed by atoms with Crippen LogP contribution in [0.2, 0.25) is 0 Å². The summed E-state index contributed by atoms with van der Waals surface area (Å²) in [6.07, 6.45) is 0.0829. The van der Waals surface area contributed by atoms with Crippen LogP contribution in [-0.4, -0.2) is 36.0 Å². The molecule has 1 saturated heterocycles. The number of hydrogen-bond donors (Lipinski definition) is 1. The molecule has 5 heteroatoms. The van der Waals surface area contributed by atoms with Crippen LogP contribution in [0.5, 0.6) is 0 Å². The van der Waals surface area contributed by atoms with Crippen LogP contribution in [0.1, 0.15) is 17.5 Å². The Bertz CT molecular complexity index is 728. The van der Waals surface area contributed by atoms with E-state index in [4.69, 9.17) is 4.74 Å². The third-order valence-corrected chi connectivity index (χ3v) is 4.28. The van der Waals surface area contributed by atoms with Gasteiger partial charge >= 0.3 is 5.97 Å². The van der Waals surface area contributed by atoms with Crippen molar-refractivity contribution in [1.82, 2.24) is 4.90 Å². The van der Waals surface area contributed by atoms with Gasteiger partial charge in [-0.1, -0.05) is 48.0 Å². The first-order valence-electron chi connectivity index (χ1n) is 8.43. The van der Waals surface area contributed by atoms with Crippen molar-refractivity contribution in [2.45, 2.75) is 25.9 Å². The molecule has 2 aromatic rings. The van der Waals surface area contributed by atoms with Crippen molar-refractivity contribution in [3.63, 3.8) is 0 Å². The number of cyclic esters (lactones) is 1. The third kappa shape index (κ3) is 4.67. The molecule has 0 aromatic heterocycles. The highest BCUT2D eigenvalue weighted by atomic mass is 16.5. The molecule has 2 aromatic carbocycles. The summed E-state index contributed by atoms with van der Waals surface area (Å²) >= 11 is 0. The summed E-state index contributed by atoms with van der Waals surface area (Å²) in [5.41, 5.74) is 2.97. The minimum absolute atomic E-state index is 0.0829. The first-order chi connectivity index (χ1) is 12.1. The van der Waals surface area contributed by atoms with Crippen molar-refractivity contribution in [3.05, 3.63) is 65.7 Å². The SMILES string of the molecule is Cc1ccc(NC(=O)C[C@H]2C(=O)OCCN2Cc2ccccc2)cc1. The van der Waals surface area contributed by atoms with Crippen LogP contribution in [-0.2, 0) is 20.9 Å². The predicted molar refractivity (Wildman–Crippen MR) is 96.0 cm³/mol. The van der Waals surface area contributed by atoms with Crippen molar-refractivity contribution >= 4 is 17.6 Å². The summed E-state index contributed by atoms with van der Waals surface area (Å²) in [7, 11) is 0. The van der Waals surface area contributed by atoms with Crippen LogP contribution >= 0.6 is 0 Å². The van der Waals surface area contributed by atoms with Gasteiger partial charge in [0.05, 0.1) is 6.42 Å². The lowest BCUT2D eigenvalue weighted by molar-refractivity contribution is -0.159. The van der Waals surface area contributed by atoms with E-state index < -0.39 is 6.04 Å². The summed E-state index contributed by atoms with van der Waals surface area (Å²) in [6.45, 7) is 3.61. The number of anilines is 1. The fourth-order valence-electron chi connectivity index (χ4n) is 2.91. The van der Waals surface area contributed by atoms with Gasteiger partial charge < -0.3 is 10.1 Å². The van der Waals surface area contributed by atoms with E-state index in [1.54, 1.807) is 0 Å². The molecule has 3 rings (SSSR count). The molecular weight excluding hydrogens is 316 g/mol. The van der Waals surface area contributed by atoms with Gasteiger partial charge in [0.15, 0.2) is 0 Å². The maximum atomic E-state index is 12.4. The average molecular weight is 338 g/mol. The highest BCUT2D eigenvalue weighted by Gasteiger charge is 2.33. The highest BCUT2D eigenvalue weighted by Crippen LogP contribution is 2.17. The molecule has 1 N–H and O–H groups in total. The number of hydrogen-bond acceptors (Lipinski definition) is 4. The molecule has 1 aliphatic heterocycles. The van der Waals surface area contributed by atoms with Crippen LogP contribution in [0, 0.1) is 6.92 Å². The lowest BCUT2D eigenvalue weighted by Crippen LogP contribution is -2.49. The number of amides is 1. The van der Waals surface area contributed by atoms with Gasteiger partial charge in [-0.2, -0.15) is 0 Å². The van der Waals surface area contributed by atoms with E-state index in [0.29, 0.717) is 19.7 Å². The van der Waals surface area contributed by atoms with E-state index in [1.807, 2.05) is 66.4 Å². The van der Waals surface area contributed by atoms with Gasteiger partial charge in [0.2, 0.25) is 5.91 Å². The Morgan fingerprint density at radius 2 is 1.88 bits per heavy atom. The first kappa shape index (κ1) is 17.2. The lowest BCUT2D eigenvalue weighted by atomic mass is 10.1. The molecule has 1 heterocycles. The number of rotatable bonds is 5. The van der Waals surface area contributed by atoms with Crippen LogP contribution in [0.3, 0.4) is 0 Å². The van der Waals surface area contributed by atoms with E-state index in [2.05, 4.69) is 5.32 Å². The van der Waals surface area contributed by atoms with Crippen LogP contribution in [0.15, 0.2) is 54.6 Å². The minimum Gasteiger partial charge on any atom is -0.463 e. The molecule has 0 bridgehead atoms. The standard InChI is InChI=1S/C20H22N2O3/c1-15-7-9-17(10-8-15)21-19(23)13-18-20(24)25-12-11-22(18)14-16-5-3-2-4-6-16/h2-10,18H,11-14H2,1H3,(H,21,23)/t18-/m0/s1. The van der Waals surface area contributed by atoms with Crippen molar-refractivity contribution in [2.24, 2.45) is 0 Å². The Kier molecular flexibility index (Phi) is 5.46. The molecule has 0 aliphatic carbocycles. The minimum atomic E-state index is -0.556. The van der Waals surface area contributed by atoms with Crippen molar-refractivity contribution in [2.75, 3.05) is 18.5 Å². The maximum Gasteiger partial charge on any atom is 0.323 e. The topological polar surface area (TPSA) is 58.6 Å². The number of carbonyl (C=O) groups excluding carboxylic acids is 2. The number of nitrogens with one attached hydrogen (secondary N) is 1. The van der Waals surface area contributed by atoms with Crippen LogP contribution < -0.4 is 5.32 Å². The largest absolute Gasteiger partial charge is 0.463 e. The Morgan fingerprint density at radius 1 is 1.16 bits per heavy atom. The van der Waals surface area contributed by atoms with Gasteiger partial charge in [0.25, 0.3) is 0 Å². The number of ether oxygens (including phenoxy) is 1. The monoisotopic (exact) mass is 338 g/mol. The number of carbonyl (C=O) groups is 2. The van der Waals surface area contributed by atoms with Gasteiger partial charge in [0, 0.05) is 18.8 Å². The molecule has 0 spiro atoms. The fraction of sp³-hybridized carbons (Fsp3) is 0.300. The Morgan fingerprint density at radius 3 is 2.60 bits per heavy atom. The number of aryl methyl sites for hydroxylation is 1. The van der Waals surface area contributed by atoms with Crippen molar-refractivity contribution in [3.8, 4) is 0 Å². The summed E-state index contributed by atoms with van der Waals surface area (Å²) in [5, 5.41) is 2.85. The van der Waals surface area contributed by atoms with Gasteiger partial charge in [-0.05, 0) is 24.6 Å². The van der Waals surface area contributed by atoms with Gasteiger partial charge in [0.1, 0.15) is 12.6 Å². The fourth-order valence-corrected chi connectivity index (χ4v) is 2.91. The Balaban J connectivity index is 1.65. The molecule has 1 aliphatic rings. The van der Waals surface area contributed by atoms with Crippen molar-refractivity contribution in [1.29, 1.82) is 0 Å². The smallest absolute Gasteiger partial charge is 0.323 e. The molecule has 1 atom stereocenters. The summed E-state index contributed by atoms with van der Waals surface area (Å²) in [5.74, 6) is -0.521. The molecular formula is C20H22N2O3. The number of benzene rings is 2. The molecule has 0 saturated carbocycles. The zero-order valence-corrected chi connectivity index (χ0v) is 14.3. The van der Waals surface area contributed by atoms with Gasteiger partial charge in [-0.25, -0.2) is 0 Å². The zero-order valence-electron chi connectivity index (χ0n) is 14.3. The van der Waals surface area contributed by atoms with E-state index in [-0.39, 0.29) is 18.3 Å². The van der Waals surface area contributed by atoms with Crippen LogP contribution in [0.25, 0.3) is 0 Å². The summed E-state index contributed by atoms with van der Waals surface area (Å²) in [6, 6.07) is 17.0. The first-order valence-corrected chi connectivity index (χ1v) is 8.43. The lowest BCUT2D eigenvalue weighted by Gasteiger charge is -2.33. The van der Waals surface area contributed by atoms with Crippen LogP contribution in [0.4, 0.5) is 5.69 Å². The van der Waals surface area contributed by atoms with Gasteiger partial charge in [-0.3, -0.25) is 14.5 Å². The number of nitrogens with zero attached hydrogens (tertiary/aromatic N) is 1. The third-order valence-electron chi connectivity index (χ3n) is 4.28. The number of esters is 1. The molecule has 0 unspecified atom stereocenters. The van der Waals surface area contributed by atoms with E-state index in [0.717, 1.165) is 16.8 Å². The zero-order chi connectivity index (χ0) is 17.6. The maximum absolute atomic E-state index is 12.4. The molecule has 1 fully saturated rings. The molecule has 0 radical (unpaired) electrons. The molecule has 1 amide bonds. The molecule has 5 nitrogen and oxygen atoms in total. The summed E-state index contributed by atoms with van der Waals surface area (Å²) in [4.78, 5) is 26.6. The Labute approximate surface area is 147 Å². The normalized spacial score (nSPS) is 17.8. The second kappa shape index (κ2) is 7.94. The molecule has 130 valence electrons.